The molecule has 0 amide bonds. The third kappa shape index (κ3) is 5.42. The largest absolute Gasteiger partial charge is 0.481 e. The highest BCUT2D eigenvalue weighted by atomic mass is 16.6. The molecule has 0 radical (unpaired) electrons. The molecule has 2 N–H and O–H groups in total. The molecule has 0 aromatic carbocycles. The van der Waals surface area contributed by atoms with Crippen molar-refractivity contribution in [2.24, 2.45) is 29.1 Å². The number of hydrogen-bond acceptors (Lipinski definition) is 6. The second-order valence-corrected chi connectivity index (χ2v) is 10.2. The van der Waals surface area contributed by atoms with Gasteiger partial charge in [-0.3, -0.25) is 14.4 Å². The molecule has 2 unspecified atom stereocenters. The molecule has 1 saturated heterocycles. The van der Waals surface area contributed by atoms with E-state index in [4.69, 9.17) is 9.47 Å². The SMILES string of the molecule is CCC(C)(C)C(=O)OC1CC(C(=O)O)C=C2C=C[C@H](C)[C@H](CC[C@@H]3C[C@@H](O)CC(=O)O3)[C@H]21. The number of aliphatic hydroxyl groups excluding tert-OH is 1. The van der Waals surface area contributed by atoms with Crippen LogP contribution < -0.4 is 0 Å². The van der Waals surface area contributed by atoms with E-state index in [0.29, 0.717) is 19.3 Å². The number of fused-ring (bicyclic) bond motifs is 1. The molecule has 1 aliphatic heterocycles. The molecule has 0 aromatic rings. The number of carboxylic acid groups (broad SMARTS) is 1. The molecular weight excluding hydrogens is 412 g/mol. The van der Waals surface area contributed by atoms with Crippen molar-refractivity contribution in [2.45, 2.75) is 84.5 Å². The lowest BCUT2D eigenvalue weighted by Crippen LogP contribution is -2.44. The lowest BCUT2D eigenvalue weighted by atomic mass is 9.65. The second kappa shape index (κ2) is 9.77. The molecule has 2 aliphatic carbocycles. The molecule has 0 spiro atoms. The van der Waals surface area contributed by atoms with E-state index in [1.54, 1.807) is 6.08 Å². The van der Waals surface area contributed by atoms with Gasteiger partial charge in [-0.25, -0.2) is 0 Å². The Bertz CT molecular complexity index is 796. The van der Waals surface area contributed by atoms with E-state index >= 15 is 0 Å². The molecule has 7 heteroatoms. The zero-order chi connectivity index (χ0) is 23.6. The molecule has 0 saturated carbocycles. The Morgan fingerprint density at radius 2 is 1.97 bits per heavy atom. The number of allylic oxidation sites excluding steroid dienone is 2. The molecule has 3 rings (SSSR count). The van der Waals surface area contributed by atoms with Crippen LogP contribution in [0.4, 0.5) is 0 Å². The van der Waals surface area contributed by atoms with Crippen molar-refractivity contribution in [3.63, 3.8) is 0 Å². The van der Waals surface area contributed by atoms with Crippen LogP contribution in [0.2, 0.25) is 0 Å². The standard InChI is InChI=1S/C25H36O7/c1-5-25(3,4)24(30)32-20-11-16(23(28)29)10-15-7-6-14(2)19(22(15)20)9-8-18-12-17(26)13-21(27)31-18/h6-7,10,14,16-20,22,26H,5,8-9,11-13H2,1-4H3,(H,28,29)/t14-,16?,17+,18+,19-,20?,22-/m0/s1. The maximum Gasteiger partial charge on any atom is 0.311 e. The van der Waals surface area contributed by atoms with Gasteiger partial charge < -0.3 is 19.7 Å². The fourth-order valence-corrected chi connectivity index (χ4v) is 5.04. The van der Waals surface area contributed by atoms with Crippen LogP contribution in [0.3, 0.4) is 0 Å². The van der Waals surface area contributed by atoms with Gasteiger partial charge in [0.05, 0.1) is 23.9 Å². The van der Waals surface area contributed by atoms with E-state index in [-0.39, 0.29) is 48.6 Å². The Morgan fingerprint density at radius 1 is 1.25 bits per heavy atom. The number of rotatable bonds is 7. The van der Waals surface area contributed by atoms with Gasteiger partial charge in [0.2, 0.25) is 0 Å². The number of carbonyl (C=O) groups is 3. The van der Waals surface area contributed by atoms with E-state index in [0.717, 1.165) is 12.0 Å². The number of ether oxygens (including phenoxy) is 2. The first-order valence-electron chi connectivity index (χ1n) is 11.7. The van der Waals surface area contributed by atoms with Gasteiger partial charge in [0.15, 0.2) is 0 Å². The van der Waals surface area contributed by atoms with E-state index < -0.39 is 29.5 Å². The summed E-state index contributed by atoms with van der Waals surface area (Å²) in [5, 5.41) is 19.6. The van der Waals surface area contributed by atoms with Crippen molar-refractivity contribution in [3.05, 3.63) is 23.8 Å². The summed E-state index contributed by atoms with van der Waals surface area (Å²) in [6, 6.07) is 0. The van der Waals surface area contributed by atoms with E-state index in [1.807, 2.05) is 26.8 Å². The fourth-order valence-electron chi connectivity index (χ4n) is 5.04. The summed E-state index contributed by atoms with van der Waals surface area (Å²) in [4.78, 5) is 36.4. The van der Waals surface area contributed by atoms with Gasteiger partial charge in [-0.15, -0.1) is 0 Å². The minimum Gasteiger partial charge on any atom is -0.481 e. The zero-order valence-electron chi connectivity index (χ0n) is 19.5. The molecule has 0 bridgehead atoms. The number of cyclic esters (lactones) is 1. The van der Waals surface area contributed by atoms with Crippen LogP contribution in [0, 0.1) is 29.1 Å². The Hall–Kier alpha value is -2.15. The van der Waals surface area contributed by atoms with E-state index in [2.05, 4.69) is 13.0 Å². The average Bonchev–Trinajstić information content (AvgIpc) is 2.72. The molecule has 32 heavy (non-hydrogen) atoms. The molecule has 0 aromatic heterocycles. The number of carboxylic acids is 1. The van der Waals surface area contributed by atoms with Crippen molar-refractivity contribution < 1.29 is 34.1 Å². The minimum absolute atomic E-state index is 0.0381. The van der Waals surface area contributed by atoms with Crippen molar-refractivity contribution in [2.75, 3.05) is 0 Å². The summed E-state index contributed by atoms with van der Waals surface area (Å²) in [5.41, 5.74) is 0.262. The predicted molar refractivity (Wildman–Crippen MR) is 117 cm³/mol. The van der Waals surface area contributed by atoms with Gasteiger partial charge in [-0.05, 0) is 50.5 Å². The lowest BCUT2D eigenvalue weighted by Gasteiger charge is -2.44. The third-order valence-electron chi connectivity index (χ3n) is 7.46. The molecule has 1 heterocycles. The molecular formula is C25H36O7. The van der Waals surface area contributed by atoms with Crippen LogP contribution in [0.25, 0.3) is 0 Å². The predicted octanol–water partition coefficient (Wildman–Crippen LogP) is 3.65. The maximum absolute atomic E-state index is 12.9. The number of aliphatic carboxylic acids is 1. The second-order valence-electron chi connectivity index (χ2n) is 10.2. The van der Waals surface area contributed by atoms with Gasteiger partial charge in [-0.1, -0.05) is 32.1 Å². The fraction of sp³-hybridized carbons (Fsp3) is 0.720. The average molecular weight is 449 g/mol. The first kappa shape index (κ1) is 24.5. The minimum atomic E-state index is -0.918. The summed E-state index contributed by atoms with van der Waals surface area (Å²) < 4.78 is 11.4. The van der Waals surface area contributed by atoms with Crippen LogP contribution in [0.1, 0.15) is 66.2 Å². The molecule has 7 nitrogen and oxygen atoms in total. The van der Waals surface area contributed by atoms with E-state index in [1.165, 1.54) is 0 Å². The monoisotopic (exact) mass is 448 g/mol. The van der Waals surface area contributed by atoms with Gasteiger partial charge >= 0.3 is 17.9 Å². The van der Waals surface area contributed by atoms with Crippen molar-refractivity contribution in [1.82, 2.24) is 0 Å². The lowest BCUT2D eigenvalue weighted by molar-refractivity contribution is -0.167. The third-order valence-corrected chi connectivity index (χ3v) is 7.46. The van der Waals surface area contributed by atoms with Crippen LogP contribution in [0.5, 0.6) is 0 Å². The van der Waals surface area contributed by atoms with Gasteiger partial charge in [0, 0.05) is 18.8 Å². The summed E-state index contributed by atoms with van der Waals surface area (Å²) in [5.74, 6) is -2.09. The number of carbonyl (C=O) groups excluding carboxylic acids is 2. The number of aliphatic hydroxyl groups is 1. The Kier molecular flexibility index (Phi) is 7.48. The van der Waals surface area contributed by atoms with Crippen molar-refractivity contribution in [1.29, 1.82) is 0 Å². The summed E-state index contributed by atoms with van der Waals surface area (Å²) in [6.07, 6.45) is 7.01. The van der Waals surface area contributed by atoms with Crippen LogP contribution >= 0.6 is 0 Å². The molecule has 3 aliphatic rings. The van der Waals surface area contributed by atoms with E-state index in [9.17, 15) is 24.6 Å². The maximum atomic E-state index is 12.9. The van der Waals surface area contributed by atoms with Crippen LogP contribution in [-0.4, -0.2) is 46.4 Å². The highest BCUT2D eigenvalue weighted by Gasteiger charge is 2.45. The van der Waals surface area contributed by atoms with Gasteiger partial charge in [0.1, 0.15) is 12.2 Å². The first-order valence-corrected chi connectivity index (χ1v) is 11.7. The molecule has 7 atom stereocenters. The van der Waals surface area contributed by atoms with Crippen molar-refractivity contribution >= 4 is 17.9 Å². The van der Waals surface area contributed by atoms with Crippen LogP contribution in [-0.2, 0) is 23.9 Å². The Labute approximate surface area is 189 Å². The highest BCUT2D eigenvalue weighted by Crippen LogP contribution is 2.45. The highest BCUT2D eigenvalue weighted by molar-refractivity contribution is 5.77. The topological polar surface area (TPSA) is 110 Å². The number of esters is 2. The number of hydrogen-bond donors (Lipinski definition) is 2. The van der Waals surface area contributed by atoms with Crippen LogP contribution in [0.15, 0.2) is 23.8 Å². The summed E-state index contributed by atoms with van der Waals surface area (Å²) in [7, 11) is 0. The molecule has 178 valence electrons. The summed E-state index contributed by atoms with van der Waals surface area (Å²) >= 11 is 0. The van der Waals surface area contributed by atoms with Gasteiger partial charge in [-0.2, -0.15) is 0 Å². The van der Waals surface area contributed by atoms with Crippen molar-refractivity contribution in [3.8, 4) is 0 Å². The molecule has 1 fully saturated rings. The normalized spacial score (nSPS) is 34.8. The van der Waals surface area contributed by atoms with Gasteiger partial charge in [0.25, 0.3) is 0 Å². The Morgan fingerprint density at radius 3 is 2.59 bits per heavy atom. The smallest absolute Gasteiger partial charge is 0.311 e. The summed E-state index contributed by atoms with van der Waals surface area (Å²) in [6.45, 7) is 7.72. The quantitative estimate of drug-likeness (QED) is 0.572. The first-order chi connectivity index (χ1) is 15.0. The Balaban J connectivity index is 1.82. The zero-order valence-corrected chi connectivity index (χ0v) is 19.5.